The Labute approximate surface area is 132 Å². The van der Waals surface area contributed by atoms with Gasteiger partial charge in [-0.25, -0.2) is 0 Å². The Morgan fingerprint density at radius 3 is 1.91 bits per heavy atom. The van der Waals surface area contributed by atoms with E-state index >= 15 is 0 Å². The molecule has 0 radical (unpaired) electrons. The van der Waals surface area contributed by atoms with Crippen LogP contribution in [0.4, 0.5) is 0 Å². The molecule has 0 aromatic heterocycles. The summed E-state index contributed by atoms with van der Waals surface area (Å²) in [5.41, 5.74) is 2.27. The van der Waals surface area contributed by atoms with Gasteiger partial charge in [0.15, 0.2) is 0 Å². The maximum atomic E-state index is 12.5. The third-order valence-electron chi connectivity index (χ3n) is 4.84. The predicted octanol–water partition coefficient (Wildman–Crippen LogP) is 2.29. The molecule has 2 saturated heterocycles. The first kappa shape index (κ1) is 15.1. The van der Waals surface area contributed by atoms with Gasteiger partial charge < -0.3 is 9.80 Å². The summed E-state index contributed by atoms with van der Waals surface area (Å²) in [6, 6.07) is 7.94. The Hall–Kier alpha value is -1.84. The third kappa shape index (κ3) is 2.51. The molecule has 1 aromatic carbocycles. The van der Waals surface area contributed by atoms with Crippen molar-refractivity contribution in [1.82, 2.24) is 9.80 Å². The van der Waals surface area contributed by atoms with Crippen LogP contribution in [-0.2, 0) is 10.2 Å². The second-order valence-electron chi connectivity index (χ2n) is 7.86. The number of carbonyl (C=O) groups excluding carboxylic acids is 2. The van der Waals surface area contributed by atoms with Crippen molar-refractivity contribution >= 4 is 11.8 Å². The van der Waals surface area contributed by atoms with Crippen LogP contribution in [0, 0.1) is 5.41 Å². The lowest BCUT2D eigenvalue weighted by Crippen LogP contribution is -2.73. The van der Waals surface area contributed by atoms with Gasteiger partial charge >= 0.3 is 0 Å². The summed E-state index contributed by atoms with van der Waals surface area (Å²) in [5, 5.41) is 0. The quantitative estimate of drug-likeness (QED) is 0.798. The van der Waals surface area contributed by atoms with Crippen molar-refractivity contribution in [3.05, 3.63) is 35.4 Å². The van der Waals surface area contributed by atoms with Gasteiger partial charge in [-0.3, -0.25) is 9.59 Å². The number of benzene rings is 1. The van der Waals surface area contributed by atoms with Crippen LogP contribution in [0.1, 0.15) is 43.6 Å². The van der Waals surface area contributed by atoms with Crippen LogP contribution in [0.25, 0.3) is 0 Å². The highest BCUT2D eigenvalue weighted by Crippen LogP contribution is 2.40. The number of carbonyl (C=O) groups is 2. The molecule has 0 bridgehead atoms. The lowest BCUT2D eigenvalue weighted by Gasteiger charge is -2.60. The minimum absolute atomic E-state index is 0.102. The molecule has 2 heterocycles. The molecule has 2 aliphatic rings. The van der Waals surface area contributed by atoms with Crippen molar-refractivity contribution in [2.45, 2.75) is 33.1 Å². The van der Waals surface area contributed by atoms with Gasteiger partial charge in [-0.15, -0.1) is 0 Å². The molecule has 2 fully saturated rings. The SMILES string of the molecule is CC(=O)N1CC2(C1)CN(C(=O)c1ccc(C(C)(C)C)cc1)C2. The van der Waals surface area contributed by atoms with Crippen molar-refractivity contribution in [1.29, 1.82) is 0 Å². The topological polar surface area (TPSA) is 40.6 Å². The predicted molar refractivity (Wildman–Crippen MR) is 85.7 cm³/mol. The molecule has 22 heavy (non-hydrogen) atoms. The number of hydrogen-bond donors (Lipinski definition) is 0. The highest BCUT2D eigenvalue weighted by atomic mass is 16.2. The van der Waals surface area contributed by atoms with Crippen LogP contribution in [0.2, 0.25) is 0 Å². The van der Waals surface area contributed by atoms with Gasteiger partial charge in [0.25, 0.3) is 5.91 Å². The second kappa shape index (κ2) is 4.83. The van der Waals surface area contributed by atoms with Gasteiger partial charge in [0, 0.05) is 44.1 Å². The molecule has 118 valence electrons. The fraction of sp³-hybridized carbons (Fsp3) is 0.556. The molecule has 0 atom stereocenters. The first-order valence-corrected chi connectivity index (χ1v) is 7.86. The number of rotatable bonds is 1. The summed E-state index contributed by atoms with van der Waals surface area (Å²) < 4.78 is 0. The molecule has 0 unspecified atom stereocenters. The maximum absolute atomic E-state index is 12.5. The first-order valence-electron chi connectivity index (χ1n) is 7.86. The highest BCUT2D eigenvalue weighted by molar-refractivity contribution is 5.95. The molecule has 0 aliphatic carbocycles. The lowest BCUT2D eigenvalue weighted by atomic mass is 9.72. The standard InChI is InChI=1S/C18H24N2O2/c1-13(21)19-9-18(10-19)11-20(12-18)16(22)14-5-7-15(8-6-14)17(2,3)4/h5-8H,9-12H2,1-4H3. The first-order chi connectivity index (χ1) is 10.2. The van der Waals surface area contributed by atoms with E-state index in [2.05, 4.69) is 20.8 Å². The van der Waals surface area contributed by atoms with Crippen LogP contribution in [-0.4, -0.2) is 47.8 Å². The van der Waals surface area contributed by atoms with Crippen molar-refractivity contribution < 1.29 is 9.59 Å². The van der Waals surface area contributed by atoms with Crippen LogP contribution in [0.3, 0.4) is 0 Å². The summed E-state index contributed by atoms with van der Waals surface area (Å²) in [4.78, 5) is 27.5. The van der Waals surface area contributed by atoms with E-state index in [1.165, 1.54) is 5.56 Å². The zero-order valence-electron chi connectivity index (χ0n) is 13.8. The molecule has 2 amide bonds. The fourth-order valence-corrected chi connectivity index (χ4v) is 3.39. The van der Waals surface area contributed by atoms with Gasteiger partial charge in [-0.1, -0.05) is 32.9 Å². The molecule has 1 spiro atoms. The lowest BCUT2D eigenvalue weighted by molar-refractivity contribution is -0.152. The number of likely N-dealkylation sites (tertiary alicyclic amines) is 2. The molecule has 1 aromatic rings. The van der Waals surface area contributed by atoms with Crippen molar-refractivity contribution in [2.75, 3.05) is 26.2 Å². The molecule has 2 aliphatic heterocycles. The van der Waals surface area contributed by atoms with E-state index < -0.39 is 0 Å². The number of nitrogens with zero attached hydrogens (tertiary/aromatic N) is 2. The van der Waals surface area contributed by atoms with Crippen molar-refractivity contribution in [3.8, 4) is 0 Å². The zero-order valence-corrected chi connectivity index (χ0v) is 13.8. The average molecular weight is 300 g/mol. The summed E-state index contributed by atoms with van der Waals surface area (Å²) in [7, 11) is 0. The third-order valence-corrected chi connectivity index (χ3v) is 4.84. The van der Waals surface area contributed by atoms with Crippen LogP contribution in [0.15, 0.2) is 24.3 Å². The Balaban J connectivity index is 1.59. The van der Waals surface area contributed by atoms with E-state index in [1.807, 2.05) is 34.1 Å². The van der Waals surface area contributed by atoms with Gasteiger partial charge in [0.2, 0.25) is 5.91 Å². The monoisotopic (exact) mass is 300 g/mol. The summed E-state index contributed by atoms with van der Waals surface area (Å²) >= 11 is 0. The summed E-state index contributed by atoms with van der Waals surface area (Å²) in [6.07, 6.45) is 0. The summed E-state index contributed by atoms with van der Waals surface area (Å²) in [5.74, 6) is 0.237. The largest absolute Gasteiger partial charge is 0.341 e. The number of amides is 2. The van der Waals surface area contributed by atoms with Gasteiger partial charge in [-0.2, -0.15) is 0 Å². The molecular formula is C18H24N2O2. The minimum atomic E-state index is 0.102. The van der Waals surface area contributed by atoms with Crippen molar-refractivity contribution in [2.24, 2.45) is 5.41 Å². The Bertz CT molecular complexity index is 599. The van der Waals surface area contributed by atoms with Crippen LogP contribution in [0.5, 0.6) is 0 Å². The molecule has 4 heteroatoms. The Morgan fingerprint density at radius 2 is 1.45 bits per heavy atom. The minimum Gasteiger partial charge on any atom is -0.341 e. The Morgan fingerprint density at radius 1 is 0.955 bits per heavy atom. The second-order valence-corrected chi connectivity index (χ2v) is 7.86. The highest BCUT2D eigenvalue weighted by Gasteiger charge is 2.53. The fourth-order valence-electron chi connectivity index (χ4n) is 3.39. The Kier molecular flexibility index (Phi) is 3.31. The smallest absolute Gasteiger partial charge is 0.253 e. The van der Waals surface area contributed by atoms with E-state index in [-0.39, 0.29) is 22.6 Å². The van der Waals surface area contributed by atoms with Gasteiger partial charge in [-0.05, 0) is 23.1 Å². The molecule has 0 N–H and O–H groups in total. The van der Waals surface area contributed by atoms with Gasteiger partial charge in [0.05, 0.1) is 0 Å². The zero-order chi connectivity index (χ0) is 16.1. The molecule has 0 saturated carbocycles. The van der Waals surface area contributed by atoms with Crippen LogP contribution < -0.4 is 0 Å². The van der Waals surface area contributed by atoms with E-state index in [4.69, 9.17) is 0 Å². The molecule has 3 rings (SSSR count). The summed E-state index contributed by atoms with van der Waals surface area (Å²) in [6.45, 7) is 11.3. The van der Waals surface area contributed by atoms with E-state index in [0.29, 0.717) is 0 Å². The van der Waals surface area contributed by atoms with E-state index in [0.717, 1.165) is 31.7 Å². The van der Waals surface area contributed by atoms with E-state index in [9.17, 15) is 9.59 Å². The number of hydrogen-bond acceptors (Lipinski definition) is 2. The molecule has 4 nitrogen and oxygen atoms in total. The van der Waals surface area contributed by atoms with Crippen molar-refractivity contribution in [3.63, 3.8) is 0 Å². The maximum Gasteiger partial charge on any atom is 0.253 e. The normalized spacial score (nSPS) is 19.6. The van der Waals surface area contributed by atoms with E-state index in [1.54, 1.807) is 6.92 Å². The van der Waals surface area contributed by atoms with Crippen LogP contribution >= 0.6 is 0 Å². The average Bonchev–Trinajstić information content (AvgIpc) is 2.34. The van der Waals surface area contributed by atoms with Gasteiger partial charge in [0.1, 0.15) is 0 Å². The molecular weight excluding hydrogens is 276 g/mol.